The van der Waals surface area contributed by atoms with Gasteiger partial charge in [0.05, 0.1) is 28.8 Å². The van der Waals surface area contributed by atoms with Gasteiger partial charge in [-0.15, -0.1) is 0 Å². The Morgan fingerprint density at radius 3 is 2.23 bits per heavy atom. The molecule has 0 spiro atoms. The van der Waals surface area contributed by atoms with E-state index in [4.69, 9.17) is 9.72 Å². The third kappa shape index (κ3) is 4.17. The van der Waals surface area contributed by atoms with Crippen molar-refractivity contribution in [1.82, 2.24) is 14.4 Å². The first kappa shape index (κ1) is 28.3. The predicted molar refractivity (Wildman–Crippen MR) is 196 cm³/mol. The summed E-state index contributed by atoms with van der Waals surface area (Å²) in [5, 5.41) is 3.48. The molecule has 1 aliphatic rings. The molecule has 5 heteroatoms. The van der Waals surface area contributed by atoms with Crippen LogP contribution in [0.4, 0.5) is 17.1 Å². The first-order valence-electron chi connectivity index (χ1n) is 16.4. The summed E-state index contributed by atoms with van der Waals surface area (Å²) >= 11 is 0. The minimum atomic E-state index is -0.213. The lowest BCUT2D eigenvalue weighted by Gasteiger charge is -2.42. The fourth-order valence-corrected chi connectivity index (χ4v) is 7.73. The molecule has 1 aliphatic heterocycles. The number of aryl methyl sites for hydroxylation is 2. The van der Waals surface area contributed by atoms with Crippen molar-refractivity contribution in [2.24, 2.45) is 0 Å². The van der Waals surface area contributed by atoms with Crippen molar-refractivity contribution < 1.29 is 4.74 Å². The predicted octanol–water partition coefficient (Wildman–Crippen LogP) is 11.2. The zero-order chi connectivity index (χ0) is 32.6. The minimum Gasteiger partial charge on any atom is -0.439 e. The van der Waals surface area contributed by atoms with Crippen molar-refractivity contribution in [1.29, 1.82) is 0 Å². The number of benzene rings is 5. The van der Waals surface area contributed by atoms with E-state index in [0.717, 1.165) is 45.1 Å². The quantitative estimate of drug-likeness (QED) is 0.183. The number of ether oxygens (including phenoxy) is 1. The molecule has 5 nitrogen and oxygen atoms in total. The molecule has 0 atom stereocenters. The summed E-state index contributed by atoms with van der Waals surface area (Å²) in [7, 11) is 0. The molecule has 48 heavy (non-hydrogen) atoms. The van der Waals surface area contributed by atoms with Crippen LogP contribution < -0.4 is 9.64 Å². The Morgan fingerprint density at radius 2 is 1.40 bits per heavy atom. The van der Waals surface area contributed by atoms with Crippen molar-refractivity contribution in [2.75, 3.05) is 4.90 Å². The number of hydrogen-bond donors (Lipinski definition) is 0. The van der Waals surface area contributed by atoms with Crippen LogP contribution in [0.5, 0.6) is 11.6 Å². The lowest BCUT2D eigenvalue weighted by Crippen LogP contribution is -2.30. The average molecular weight is 623 g/mol. The summed E-state index contributed by atoms with van der Waals surface area (Å²) in [5.41, 5.74) is 12.5. The molecule has 0 unspecified atom stereocenters. The Hall–Kier alpha value is -5.94. The minimum absolute atomic E-state index is 0.213. The van der Waals surface area contributed by atoms with Crippen molar-refractivity contribution >= 4 is 44.4 Å². The summed E-state index contributed by atoms with van der Waals surface area (Å²) < 4.78 is 8.62. The molecule has 5 aromatic carbocycles. The molecule has 0 radical (unpaired) electrons. The first-order chi connectivity index (χ1) is 23.4. The number of para-hydroxylation sites is 2. The second kappa shape index (κ2) is 10.5. The number of pyridine rings is 2. The van der Waals surface area contributed by atoms with E-state index in [0.29, 0.717) is 5.88 Å². The van der Waals surface area contributed by atoms with Gasteiger partial charge in [-0.05, 0) is 77.9 Å². The van der Waals surface area contributed by atoms with Gasteiger partial charge in [0, 0.05) is 45.8 Å². The largest absolute Gasteiger partial charge is 0.439 e. The molecule has 0 amide bonds. The summed E-state index contributed by atoms with van der Waals surface area (Å²) in [6.07, 6.45) is 3.79. The third-order valence-corrected chi connectivity index (χ3v) is 10.00. The molecule has 3 aromatic heterocycles. The number of aromatic nitrogens is 3. The van der Waals surface area contributed by atoms with Gasteiger partial charge in [-0.2, -0.15) is 0 Å². The molecule has 9 rings (SSSR count). The molecule has 0 saturated carbocycles. The Morgan fingerprint density at radius 1 is 0.625 bits per heavy atom. The Kier molecular flexibility index (Phi) is 6.21. The number of imidazole rings is 1. The molecule has 0 aliphatic carbocycles. The molecule has 0 bridgehead atoms. The summed E-state index contributed by atoms with van der Waals surface area (Å²) in [6, 6.07) is 42.8. The number of hydrogen-bond acceptors (Lipinski definition) is 4. The zero-order valence-corrected chi connectivity index (χ0v) is 27.4. The van der Waals surface area contributed by atoms with E-state index < -0.39 is 0 Å². The molecule has 0 N–H and O–H groups in total. The molecule has 0 fully saturated rings. The SMILES string of the molecule is Cc1cccc(C)c1-c1cnc2c3cc(N4c5ccccc5C(C)(C)c5ccc(Oc6ccccn6)cc54)ccc3c3ccccc3n12. The highest BCUT2D eigenvalue weighted by molar-refractivity contribution is 6.13. The number of anilines is 3. The van der Waals surface area contributed by atoms with E-state index in [2.05, 4.69) is 145 Å². The molecule has 8 aromatic rings. The highest BCUT2D eigenvalue weighted by atomic mass is 16.5. The molecular formula is C43H34N4O. The van der Waals surface area contributed by atoms with Crippen molar-refractivity contribution in [3.05, 3.63) is 156 Å². The maximum absolute atomic E-state index is 6.27. The van der Waals surface area contributed by atoms with Gasteiger partial charge in [-0.1, -0.05) is 86.6 Å². The van der Waals surface area contributed by atoms with Crippen LogP contribution in [0.2, 0.25) is 0 Å². The smallest absolute Gasteiger partial charge is 0.219 e. The van der Waals surface area contributed by atoms with Crippen LogP contribution >= 0.6 is 0 Å². The lowest BCUT2D eigenvalue weighted by molar-refractivity contribution is 0.462. The van der Waals surface area contributed by atoms with Crippen molar-refractivity contribution in [2.45, 2.75) is 33.1 Å². The van der Waals surface area contributed by atoms with Crippen LogP contribution in [0.1, 0.15) is 36.1 Å². The number of rotatable bonds is 4. The van der Waals surface area contributed by atoms with Crippen LogP contribution in [-0.2, 0) is 5.41 Å². The lowest BCUT2D eigenvalue weighted by atomic mass is 9.73. The Balaban J connectivity index is 1.31. The molecule has 4 heterocycles. The Bertz CT molecular complexity index is 2530. The standard InChI is InChI=1S/C43H34N4O/c1-27-12-11-13-28(2)41(27)39-26-45-42-33-24-29(19-21-31(33)32-14-5-7-16-36(32)47(39)42)46-37-17-8-6-15-34(37)43(3,4)35-22-20-30(25-38(35)46)48-40-18-9-10-23-44-40/h5-26H,1-4H3. The van der Waals surface area contributed by atoms with Gasteiger partial charge in [0.15, 0.2) is 0 Å². The normalized spacial score (nSPS) is 13.5. The van der Waals surface area contributed by atoms with E-state index >= 15 is 0 Å². The fourth-order valence-electron chi connectivity index (χ4n) is 7.73. The van der Waals surface area contributed by atoms with Crippen LogP contribution in [0.25, 0.3) is 38.6 Å². The average Bonchev–Trinajstić information content (AvgIpc) is 3.54. The Labute approximate surface area is 279 Å². The van der Waals surface area contributed by atoms with Gasteiger partial charge in [0.25, 0.3) is 0 Å². The van der Waals surface area contributed by atoms with Gasteiger partial charge < -0.3 is 9.64 Å². The fraction of sp³-hybridized carbons (Fsp3) is 0.116. The second-order valence-corrected chi connectivity index (χ2v) is 13.2. The zero-order valence-electron chi connectivity index (χ0n) is 27.4. The van der Waals surface area contributed by atoms with E-state index in [-0.39, 0.29) is 5.41 Å². The molecule has 232 valence electrons. The molecular weight excluding hydrogens is 589 g/mol. The van der Waals surface area contributed by atoms with Crippen LogP contribution in [0.3, 0.4) is 0 Å². The highest BCUT2D eigenvalue weighted by Gasteiger charge is 2.37. The van der Waals surface area contributed by atoms with Crippen LogP contribution in [0, 0.1) is 13.8 Å². The van der Waals surface area contributed by atoms with Gasteiger partial charge in [-0.3, -0.25) is 4.40 Å². The maximum Gasteiger partial charge on any atom is 0.219 e. The number of fused-ring (bicyclic) bond motifs is 8. The van der Waals surface area contributed by atoms with E-state index in [1.165, 1.54) is 38.6 Å². The monoisotopic (exact) mass is 622 g/mol. The van der Waals surface area contributed by atoms with Crippen molar-refractivity contribution in [3.63, 3.8) is 0 Å². The summed E-state index contributed by atoms with van der Waals surface area (Å²) in [5.74, 6) is 1.31. The summed E-state index contributed by atoms with van der Waals surface area (Å²) in [6.45, 7) is 8.97. The van der Waals surface area contributed by atoms with Crippen LogP contribution in [0.15, 0.2) is 134 Å². The van der Waals surface area contributed by atoms with Crippen molar-refractivity contribution in [3.8, 4) is 22.9 Å². The van der Waals surface area contributed by atoms with Gasteiger partial charge in [0.1, 0.15) is 11.4 Å². The maximum atomic E-state index is 6.27. The molecule has 0 saturated heterocycles. The second-order valence-electron chi connectivity index (χ2n) is 13.2. The van der Waals surface area contributed by atoms with Gasteiger partial charge in [0.2, 0.25) is 5.88 Å². The first-order valence-corrected chi connectivity index (χ1v) is 16.4. The highest BCUT2D eigenvalue weighted by Crippen LogP contribution is 2.53. The third-order valence-electron chi connectivity index (χ3n) is 10.00. The van der Waals surface area contributed by atoms with Gasteiger partial charge >= 0.3 is 0 Å². The van der Waals surface area contributed by atoms with Crippen LogP contribution in [-0.4, -0.2) is 14.4 Å². The van der Waals surface area contributed by atoms with Gasteiger partial charge in [-0.25, -0.2) is 9.97 Å². The topological polar surface area (TPSA) is 42.7 Å². The van der Waals surface area contributed by atoms with E-state index in [1.807, 2.05) is 24.4 Å². The summed E-state index contributed by atoms with van der Waals surface area (Å²) in [4.78, 5) is 11.9. The number of nitrogens with zero attached hydrogens (tertiary/aromatic N) is 4. The van der Waals surface area contributed by atoms with E-state index in [9.17, 15) is 0 Å². The van der Waals surface area contributed by atoms with E-state index in [1.54, 1.807) is 6.20 Å².